The summed E-state index contributed by atoms with van der Waals surface area (Å²) in [6, 6.07) is 5.24. The summed E-state index contributed by atoms with van der Waals surface area (Å²) in [4.78, 5) is 12.2. The van der Waals surface area contributed by atoms with E-state index in [1.807, 2.05) is 0 Å². The van der Waals surface area contributed by atoms with Crippen LogP contribution < -0.4 is 15.4 Å². The highest BCUT2D eigenvalue weighted by molar-refractivity contribution is 9.10. The predicted octanol–water partition coefficient (Wildman–Crippen LogP) is 3.51. The summed E-state index contributed by atoms with van der Waals surface area (Å²) in [6.45, 7) is 6.25. The van der Waals surface area contributed by atoms with Crippen molar-refractivity contribution in [2.45, 2.75) is 26.7 Å². The molecule has 0 bridgehead atoms. The Labute approximate surface area is 157 Å². The maximum Gasteiger partial charge on any atom is 0.257 e. The third-order valence-electron chi connectivity index (χ3n) is 3.18. The molecule has 0 fully saturated rings. The van der Waals surface area contributed by atoms with E-state index >= 15 is 0 Å². The topological polar surface area (TPSA) is 59.6 Å². The monoisotopic (exact) mass is 416 g/mol. The molecule has 0 aliphatic heterocycles. The van der Waals surface area contributed by atoms with Gasteiger partial charge in [0.1, 0.15) is 5.75 Å². The van der Waals surface area contributed by atoms with Crippen LogP contribution in [0.2, 0.25) is 0 Å². The van der Waals surface area contributed by atoms with Crippen molar-refractivity contribution >= 4 is 39.2 Å². The number of benzene rings is 1. The molecule has 2 N–H and O–H groups in total. The number of hydrogen-bond acceptors (Lipinski definition) is 4. The van der Waals surface area contributed by atoms with Crippen molar-refractivity contribution in [2.24, 2.45) is 5.92 Å². The van der Waals surface area contributed by atoms with Crippen LogP contribution in [0.3, 0.4) is 0 Å². The molecular weight excluding hydrogens is 392 g/mol. The van der Waals surface area contributed by atoms with Gasteiger partial charge in [0.15, 0.2) is 5.11 Å². The fourth-order valence-corrected chi connectivity index (χ4v) is 2.49. The van der Waals surface area contributed by atoms with Gasteiger partial charge in [0.2, 0.25) is 0 Å². The molecule has 0 saturated carbocycles. The van der Waals surface area contributed by atoms with Gasteiger partial charge in [-0.15, -0.1) is 0 Å². The minimum Gasteiger partial charge on any atom is -0.492 e. The minimum atomic E-state index is -0.256. The maximum atomic E-state index is 12.2. The van der Waals surface area contributed by atoms with Crippen LogP contribution in [0.1, 0.15) is 37.0 Å². The van der Waals surface area contributed by atoms with E-state index in [9.17, 15) is 4.79 Å². The first-order chi connectivity index (χ1) is 11.4. The van der Waals surface area contributed by atoms with Crippen LogP contribution in [0.4, 0.5) is 0 Å². The number of amides is 1. The number of carbonyl (C=O) groups excluding carboxylic acids is 1. The van der Waals surface area contributed by atoms with E-state index in [1.54, 1.807) is 25.3 Å². The molecule has 1 aromatic rings. The van der Waals surface area contributed by atoms with E-state index in [4.69, 9.17) is 21.7 Å². The standard InChI is InChI=1S/C17H25BrN2O3S/c1-12(2)7-10-23-15-6-5-13(11-14(15)18)16(21)20-17(24)19-8-4-9-22-3/h5-6,11-12H,4,7-10H2,1-3H3,(H2,19,20,21,24). The zero-order valence-electron chi connectivity index (χ0n) is 14.4. The molecule has 0 saturated heterocycles. The van der Waals surface area contributed by atoms with E-state index in [0.717, 1.165) is 23.1 Å². The summed E-state index contributed by atoms with van der Waals surface area (Å²) >= 11 is 8.54. The Morgan fingerprint density at radius 1 is 1.33 bits per heavy atom. The number of hydrogen-bond donors (Lipinski definition) is 2. The summed E-state index contributed by atoms with van der Waals surface area (Å²) < 4.78 is 11.4. The molecule has 0 unspecified atom stereocenters. The first-order valence-corrected chi connectivity index (χ1v) is 9.14. The fraction of sp³-hybridized carbons (Fsp3) is 0.529. The minimum absolute atomic E-state index is 0.256. The highest BCUT2D eigenvalue weighted by atomic mass is 79.9. The summed E-state index contributed by atoms with van der Waals surface area (Å²) in [7, 11) is 1.65. The van der Waals surface area contributed by atoms with Crippen molar-refractivity contribution in [3.63, 3.8) is 0 Å². The number of ether oxygens (including phenoxy) is 2. The zero-order chi connectivity index (χ0) is 17.9. The van der Waals surface area contributed by atoms with Crippen LogP contribution in [-0.2, 0) is 4.74 Å². The van der Waals surface area contributed by atoms with E-state index in [0.29, 0.717) is 36.4 Å². The number of nitrogens with one attached hydrogen (secondary N) is 2. The summed E-state index contributed by atoms with van der Waals surface area (Å²) in [5, 5.41) is 5.93. The summed E-state index contributed by atoms with van der Waals surface area (Å²) in [5.74, 6) is 1.06. The first-order valence-electron chi connectivity index (χ1n) is 7.94. The summed E-state index contributed by atoms with van der Waals surface area (Å²) in [5.41, 5.74) is 0.513. The average molecular weight is 417 g/mol. The Morgan fingerprint density at radius 2 is 2.08 bits per heavy atom. The van der Waals surface area contributed by atoms with Gasteiger partial charge in [-0.1, -0.05) is 13.8 Å². The molecule has 7 heteroatoms. The normalized spacial score (nSPS) is 10.5. The lowest BCUT2D eigenvalue weighted by molar-refractivity contribution is 0.0976. The second-order valence-electron chi connectivity index (χ2n) is 5.73. The molecule has 0 aliphatic carbocycles. The molecule has 0 aromatic heterocycles. The first kappa shape index (κ1) is 20.9. The van der Waals surface area contributed by atoms with Crippen LogP contribution >= 0.6 is 28.1 Å². The summed E-state index contributed by atoms with van der Waals surface area (Å²) in [6.07, 6.45) is 1.80. The molecular formula is C17H25BrN2O3S. The van der Waals surface area contributed by atoms with Crippen molar-refractivity contribution in [3.8, 4) is 5.75 Å². The Balaban J connectivity index is 2.50. The largest absolute Gasteiger partial charge is 0.492 e. The lowest BCUT2D eigenvalue weighted by Crippen LogP contribution is -2.39. The third kappa shape index (κ3) is 8.08. The van der Waals surface area contributed by atoms with Gasteiger partial charge < -0.3 is 14.8 Å². The fourth-order valence-electron chi connectivity index (χ4n) is 1.80. The van der Waals surface area contributed by atoms with Crippen LogP contribution in [0, 0.1) is 5.92 Å². The van der Waals surface area contributed by atoms with Gasteiger partial charge in [-0.3, -0.25) is 10.1 Å². The van der Waals surface area contributed by atoms with Crippen LogP contribution in [0.15, 0.2) is 22.7 Å². The van der Waals surface area contributed by atoms with E-state index < -0.39 is 0 Å². The highest BCUT2D eigenvalue weighted by Crippen LogP contribution is 2.26. The molecule has 1 amide bonds. The van der Waals surface area contributed by atoms with Gasteiger partial charge in [0.25, 0.3) is 5.91 Å². The van der Waals surface area contributed by atoms with Crippen LogP contribution in [-0.4, -0.2) is 37.9 Å². The van der Waals surface area contributed by atoms with Gasteiger partial charge in [0.05, 0.1) is 11.1 Å². The Kier molecular flexibility index (Phi) is 9.90. The number of methoxy groups -OCH3 is 1. The molecule has 5 nitrogen and oxygen atoms in total. The van der Waals surface area contributed by atoms with E-state index in [-0.39, 0.29) is 5.91 Å². The Hall–Kier alpha value is -1.18. The van der Waals surface area contributed by atoms with Crippen LogP contribution in [0.25, 0.3) is 0 Å². The molecule has 1 rings (SSSR count). The van der Waals surface area contributed by atoms with Crippen molar-refractivity contribution in [3.05, 3.63) is 28.2 Å². The zero-order valence-corrected chi connectivity index (χ0v) is 16.8. The molecule has 0 spiro atoms. The number of halogens is 1. The molecule has 0 heterocycles. The second kappa shape index (κ2) is 11.4. The SMILES string of the molecule is COCCCNC(=S)NC(=O)c1ccc(OCCC(C)C)c(Br)c1. The van der Waals surface area contributed by atoms with Crippen LogP contribution in [0.5, 0.6) is 5.75 Å². The quantitative estimate of drug-likeness (QED) is 0.476. The van der Waals surface area contributed by atoms with E-state index in [2.05, 4.69) is 40.4 Å². The van der Waals surface area contributed by atoms with Gasteiger partial charge in [-0.25, -0.2) is 0 Å². The van der Waals surface area contributed by atoms with Gasteiger partial charge in [-0.2, -0.15) is 0 Å². The van der Waals surface area contributed by atoms with E-state index in [1.165, 1.54) is 0 Å². The highest BCUT2D eigenvalue weighted by Gasteiger charge is 2.11. The maximum absolute atomic E-state index is 12.2. The Morgan fingerprint density at radius 3 is 2.71 bits per heavy atom. The second-order valence-corrected chi connectivity index (χ2v) is 7.00. The third-order valence-corrected chi connectivity index (χ3v) is 4.05. The predicted molar refractivity (Wildman–Crippen MR) is 104 cm³/mol. The van der Waals surface area contributed by atoms with Gasteiger partial charge in [0, 0.05) is 25.8 Å². The number of rotatable bonds is 9. The Bertz CT molecular complexity index is 553. The molecule has 0 atom stereocenters. The van der Waals surface area contributed by atoms with Gasteiger partial charge >= 0.3 is 0 Å². The lowest BCUT2D eigenvalue weighted by Gasteiger charge is -2.12. The van der Waals surface area contributed by atoms with Gasteiger partial charge in [-0.05, 0) is 65.1 Å². The average Bonchev–Trinajstić information content (AvgIpc) is 2.52. The number of thiocarbonyl (C=S) groups is 1. The van der Waals surface area contributed by atoms with Crippen molar-refractivity contribution in [2.75, 3.05) is 26.9 Å². The molecule has 1 aromatic carbocycles. The van der Waals surface area contributed by atoms with Crippen molar-refractivity contribution in [1.29, 1.82) is 0 Å². The number of carbonyl (C=O) groups is 1. The lowest BCUT2D eigenvalue weighted by atomic mass is 10.1. The molecule has 24 heavy (non-hydrogen) atoms. The smallest absolute Gasteiger partial charge is 0.257 e. The molecule has 134 valence electrons. The molecule has 0 aliphatic rings. The molecule has 0 radical (unpaired) electrons. The van der Waals surface area contributed by atoms with Crippen molar-refractivity contribution in [1.82, 2.24) is 10.6 Å². The van der Waals surface area contributed by atoms with Crippen molar-refractivity contribution < 1.29 is 14.3 Å².